The van der Waals surface area contributed by atoms with Gasteiger partial charge in [0.05, 0.1) is 4.92 Å². The number of hydrogen-bond acceptors (Lipinski definition) is 5. The highest BCUT2D eigenvalue weighted by Crippen LogP contribution is 2.33. The average Bonchev–Trinajstić information content (AvgIpc) is 3.06. The SMILES string of the molecule is O=C(C#CC1(O)CC1)Oc1ccc([N+](=O)[O-])cc1. The van der Waals surface area contributed by atoms with Crippen LogP contribution in [0.25, 0.3) is 0 Å². The Morgan fingerprint density at radius 3 is 2.50 bits per heavy atom. The Hall–Kier alpha value is -2.39. The van der Waals surface area contributed by atoms with Gasteiger partial charge in [-0.05, 0) is 25.0 Å². The molecule has 0 saturated heterocycles. The maximum absolute atomic E-state index is 11.3. The predicted octanol–water partition coefficient (Wildman–Crippen LogP) is 1.03. The zero-order valence-electron chi connectivity index (χ0n) is 9.25. The molecule has 1 saturated carbocycles. The van der Waals surface area contributed by atoms with E-state index in [0.29, 0.717) is 12.8 Å². The number of nitro groups is 1. The molecule has 1 aromatic rings. The molecule has 6 heteroatoms. The molecule has 0 spiro atoms. The highest BCUT2D eigenvalue weighted by Gasteiger charge is 2.38. The second-order valence-electron chi connectivity index (χ2n) is 3.92. The Morgan fingerprint density at radius 1 is 1.39 bits per heavy atom. The number of benzene rings is 1. The van der Waals surface area contributed by atoms with Gasteiger partial charge in [-0.1, -0.05) is 5.92 Å². The molecule has 18 heavy (non-hydrogen) atoms. The van der Waals surface area contributed by atoms with Gasteiger partial charge in [-0.15, -0.1) is 0 Å². The van der Waals surface area contributed by atoms with Crippen LogP contribution in [0.5, 0.6) is 5.75 Å². The van der Waals surface area contributed by atoms with Crippen molar-refractivity contribution < 1.29 is 19.6 Å². The molecule has 0 aliphatic heterocycles. The molecule has 0 aromatic heterocycles. The Balaban J connectivity index is 1.98. The molecule has 0 radical (unpaired) electrons. The van der Waals surface area contributed by atoms with Gasteiger partial charge in [-0.2, -0.15) is 0 Å². The number of esters is 1. The highest BCUT2D eigenvalue weighted by molar-refractivity contribution is 5.90. The monoisotopic (exact) mass is 247 g/mol. The number of non-ortho nitro benzene ring substituents is 1. The van der Waals surface area contributed by atoms with Crippen molar-refractivity contribution >= 4 is 11.7 Å². The van der Waals surface area contributed by atoms with E-state index in [9.17, 15) is 20.0 Å². The molecule has 92 valence electrons. The van der Waals surface area contributed by atoms with Crippen LogP contribution in [0.1, 0.15) is 12.8 Å². The third-order valence-electron chi connectivity index (χ3n) is 2.38. The largest absolute Gasteiger partial charge is 0.417 e. The molecule has 0 atom stereocenters. The number of ether oxygens (including phenoxy) is 1. The van der Waals surface area contributed by atoms with Gasteiger partial charge in [-0.25, -0.2) is 4.79 Å². The molecule has 6 nitrogen and oxygen atoms in total. The lowest BCUT2D eigenvalue weighted by molar-refractivity contribution is -0.384. The fourth-order valence-electron chi connectivity index (χ4n) is 1.18. The number of nitro benzene ring substituents is 1. The summed E-state index contributed by atoms with van der Waals surface area (Å²) in [5, 5.41) is 19.8. The minimum atomic E-state index is -1.03. The smallest absolute Gasteiger partial charge is 0.389 e. The lowest BCUT2D eigenvalue weighted by Gasteiger charge is -1.99. The summed E-state index contributed by atoms with van der Waals surface area (Å²) in [5.74, 6) is 3.95. The molecule has 1 aliphatic rings. The fraction of sp³-hybridized carbons (Fsp3) is 0.250. The third-order valence-corrected chi connectivity index (χ3v) is 2.38. The summed E-state index contributed by atoms with van der Waals surface area (Å²) in [6.07, 6.45) is 1.12. The van der Waals surface area contributed by atoms with Crippen molar-refractivity contribution in [2.24, 2.45) is 0 Å². The van der Waals surface area contributed by atoms with E-state index in [1.807, 2.05) is 0 Å². The molecule has 1 N–H and O–H groups in total. The Bertz CT molecular complexity index is 548. The first-order valence-corrected chi connectivity index (χ1v) is 5.20. The summed E-state index contributed by atoms with van der Waals surface area (Å²) in [4.78, 5) is 21.1. The van der Waals surface area contributed by atoms with Gasteiger partial charge in [0.25, 0.3) is 5.69 Å². The molecule has 1 aromatic carbocycles. The summed E-state index contributed by atoms with van der Waals surface area (Å²) in [5.41, 5.74) is -1.12. The van der Waals surface area contributed by atoms with Crippen LogP contribution in [0, 0.1) is 22.0 Å². The molecular formula is C12H9NO5. The minimum absolute atomic E-state index is 0.0897. The van der Waals surface area contributed by atoms with Crippen LogP contribution in [0.3, 0.4) is 0 Å². The Labute approximate surface area is 102 Å². The molecule has 1 fully saturated rings. The first-order valence-electron chi connectivity index (χ1n) is 5.20. The van der Waals surface area contributed by atoms with E-state index in [1.54, 1.807) is 0 Å². The van der Waals surface area contributed by atoms with Crippen molar-refractivity contribution in [3.05, 3.63) is 34.4 Å². The van der Waals surface area contributed by atoms with Crippen molar-refractivity contribution in [2.75, 3.05) is 0 Å². The second-order valence-corrected chi connectivity index (χ2v) is 3.92. The number of rotatable bonds is 2. The quantitative estimate of drug-likeness (QED) is 0.210. The highest BCUT2D eigenvalue weighted by atomic mass is 16.6. The summed E-state index contributed by atoms with van der Waals surface area (Å²) in [6, 6.07) is 5.07. The number of aliphatic hydroxyl groups is 1. The first-order chi connectivity index (χ1) is 8.48. The van der Waals surface area contributed by atoms with Crippen molar-refractivity contribution in [2.45, 2.75) is 18.4 Å². The van der Waals surface area contributed by atoms with Crippen LogP contribution in [-0.2, 0) is 4.79 Å². The first kappa shape index (κ1) is 12.1. The zero-order valence-corrected chi connectivity index (χ0v) is 9.25. The molecule has 0 heterocycles. The van der Waals surface area contributed by atoms with Gasteiger partial charge in [0.2, 0.25) is 0 Å². The molecule has 2 rings (SSSR count). The summed E-state index contributed by atoms with van der Waals surface area (Å²) in [6.45, 7) is 0. The number of carbonyl (C=O) groups is 1. The van der Waals surface area contributed by atoms with Gasteiger partial charge < -0.3 is 9.84 Å². The second kappa shape index (κ2) is 4.47. The number of nitrogens with zero attached hydrogens (tertiary/aromatic N) is 1. The van der Waals surface area contributed by atoms with Crippen molar-refractivity contribution in [3.63, 3.8) is 0 Å². The molecular weight excluding hydrogens is 238 g/mol. The van der Waals surface area contributed by atoms with Gasteiger partial charge in [0.15, 0.2) is 0 Å². The molecule has 0 bridgehead atoms. The van der Waals surface area contributed by atoms with Crippen molar-refractivity contribution in [3.8, 4) is 17.6 Å². The zero-order chi connectivity index (χ0) is 13.2. The lowest BCUT2D eigenvalue weighted by atomic mass is 10.3. The predicted molar refractivity (Wildman–Crippen MR) is 60.7 cm³/mol. The fourth-order valence-corrected chi connectivity index (χ4v) is 1.18. The maximum Gasteiger partial charge on any atom is 0.389 e. The maximum atomic E-state index is 11.3. The van der Waals surface area contributed by atoms with E-state index in [4.69, 9.17) is 4.74 Å². The summed E-state index contributed by atoms with van der Waals surface area (Å²) < 4.78 is 4.83. The summed E-state index contributed by atoms with van der Waals surface area (Å²) >= 11 is 0. The normalized spacial score (nSPS) is 15.2. The molecule has 0 amide bonds. The minimum Gasteiger partial charge on any atom is -0.417 e. The standard InChI is InChI=1S/C12H9NO5/c14-11(5-6-12(15)7-8-12)18-10-3-1-9(2-4-10)13(16)17/h1-4,15H,7-8H2. The number of carbonyl (C=O) groups excluding carboxylic acids is 1. The van der Waals surface area contributed by atoms with Gasteiger partial charge in [0.1, 0.15) is 11.4 Å². The topological polar surface area (TPSA) is 89.7 Å². The van der Waals surface area contributed by atoms with E-state index in [1.165, 1.54) is 24.3 Å². The van der Waals surface area contributed by atoms with E-state index in [0.717, 1.165) is 0 Å². The van der Waals surface area contributed by atoms with E-state index in [-0.39, 0.29) is 11.4 Å². The van der Waals surface area contributed by atoms with E-state index in [2.05, 4.69) is 11.8 Å². The van der Waals surface area contributed by atoms with Crippen LogP contribution in [-0.4, -0.2) is 21.6 Å². The van der Waals surface area contributed by atoms with Crippen LogP contribution in [0.4, 0.5) is 5.69 Å². The number of hydrogen-bond donors (Lipinski definition) is 1. The van der Waals surface area contributed by atoms with Crippen LogP contribution >= 0.6 is 0 Å². The Kier molecular flexibility index (Phi) is 3.00. The van der Waals surface area contributed by atoms with E-state index >= 15 is 0 Å². The molecule has 0 unspecified atom stereocenters. The van der Waals surface area contributed by atoms with Crippen LogP contribution in [0.15, 0.2) is 24.3 Å². The van der Waals surface area contributed by atoms with Gasteiger partial charge >= 0.3 is 5.97 Å². The van der Waals surface area contributed by atoms with Crippen molar-refractivity contribution in [1.82, 2.24) is 0 Å². The van der Waals surface area contributed by atoms with Gasteiger partial charge in [0, 0.05) is 18.1 Å². The average molecular weight is 247 g/mol. The van der Waals surface area contributed by atoms with Gasteiger partial charge in [-0.3, -0.25) is 10.1 Å². The van der Waals surface area contributed by atoms with Crippen LogP contribution < -0.4 is 4.74 Å². The Morgan fingerprint density at radius 2 is 2.00 bits per heavy atom. The van der Waals surface area contributed by atoms with Crippen LogP contribution in [0.2, 0.25) is 0 Å². The third kappa shape index (κ3) is 3.06. The van der Waals surface area contributed by atoms with E-state index < -0.39 is 16.5 Å². The summed E-state index contributed by atoms with van der Waals surface area (Å²) in [7, 11) is 0. The molecule has 1 aliphatic carbocycles. The van der Waals surface area contributed by atoms with Crippen molar-refractivity contribution in [1.29, 1.82) is 0 Å². The lowest BCUT2D eigenvalue weighted by Crippen LogP contribution is -2.08.